The first-order valence-corrected chi connectivity index (χ1v) is 13.5. The number of rotatable bonds is 3. The fourth-order valence-electron chi connectivity index (χ4n) is 6.36. The van der Waals surface area contributed by atoms with Gasteiger partial charge in [-0.1, -0.05) is 103 Å². The molecule has 0 radical (unpaired) electrons. The van der Waals surface area contributed by atoms with Crippen molar-refractivity contribution >= 4 is 70.9 Å². The van der Waals surface area contributed by atoms with Crippen molar-refractivity contribution in [3.05, 3.63) is 139 Å². The van der Waals surface area contributed by atoms with Crippen molar-refractivity contribution in [2.24, 2.45) is 0 Å². The van der Waals surface area contributed by atoms with Crippen LogP contribution in [0.3, 0.4) is 0 Å². The first-order valence-electron chi connectivity index (χ1n) is 13.5. The van der Waals surface area contributed by atoms with E-state index in [2.05, 4.69) is 66.7 Å². The second-order valence-corrected chi connectivity index (χ2v) is 10.5. The standard InChI is InChI=1S/C37H22F3N/c38-37(39,40)28-11-6-12-29(22-28)41(36-30-13-3-1-7-26(30)21-27-8-2-4-14-31(27)36)33-20-18-25-16-15-23-9-5-10-24-17-19-32(33)35(25)34(23)24/h1-22H. The van der Waals surface area contributed by atoms with Crippen LogP contribution in [0.1, 0.15) is 5.56 Å². The van der Waals surface area contributed by atoms with Gasteiger partial charge in [0.25, 0.3) is 0 Å². The maximum atomic E-state index is 14.0. The molecule has 0 heterocycles. The summed E-state index contributed by atoms with van der Waals surface area (Å²) in [7, 11) is 0. The summed E-state index contributed by atoms with van der Waals surface area (Å²) in [5.74, 6) is 0. The van der Waals surface area contributed by atoms with E-state index in [1.165, 1.54) is 12.1 Å². The van der Waals surface area contributed by atoms with Gasteiger partial charge in [0.15, 0.2) is 0 Å². The third-order valence-corrected chi connectivity index (χ3v) is 8.14. The van der Waals surface area contributed by atoms with Crippen molar-refractivity contribution < 1.29 is 13.2 Å². The van der Waals surface area contributed by atoms with E-state index >= 15 is 0 Å². The van der Waals surface area contributed by atoms with E-state index in [0.717, 1.165) is 71.3 Å². The molecule has 1 nitrogen and oxygen atoms in total. The van der Waals surface area contributed by atoms with Crippen LogP contribution in [-0.4, -0.2) is 0 Å². The predicted molar refractivity (Wildman–Crippen MR) is 165 cm³/mol. The molecule has 8 aromatic carbocycles. The number of halogens is 3. The Bertz CT molecular complexity index is 2190. The van der Waals surface area contributed by atoms with Gasteiger partial charge >= 0.3 is 6.18 Å². The Balaban J connectivity index is 1.55. The molecule has 0 spiro atoms. The summed E-state index contributed by atoms with van der Waals surface area (Å²) >= 11 is 0. The summed E-state index contributed by atoms with van der Waals surface area (Å²) < 4.78 is 42.1. The number of hydrogen-bond acceptors (Lipinski definition) is 1. The molecule has 0 fully saturated rings. The molecular weight excluding hydrogens is 515 g/mol. The van der Waals surface area contributed by atoms with Crippen LogP contribution in [0.25, 0.3) is 53.9 Å². The predicted octanol–water partition coefficient (Wildman–Crippen LogP) is 11.4. The van der Waals surface area contributed by atoms with Gasteiger partial charge in [0.1, 0.15) is 0 Å². The second kappa shape index (κ2) is 8.70. The van der Waals surface area contributed by atoms with Crippen molar-refractivity contribution in [1.82, 2.24) is 0 Å². The smallest absolute Gasteiger partial charge is 0.309 e. The summed E-state index contributed by atoms with van der Waals surface area (Å²) in [6.07, 6.45) is -4.47. The Morgan fingerprint density at radius 2 is 1.00 bits per heavy atom. The highest BCUT2D eigenvalue weighted by Gasteiger charge is 2.32. The average molecular weight is 538 g/mol. The Morgan fingerprint density at radius 3 is 1.68 bits per heavy atom. The normalized spacial score (nSPS) is 12.3. The third kappa shape index (κ3) is 3.64. The van der Waals surface area contributed by atoms with E-state index in [9.17, 15) is 13.2 Å². The molecule has 8 aromatic rings. The lowest BCUT2D eigenvalue weighted by molar-refractivity contribution is -0.137. The highest BCUT2D eigenvalue weighted by molar-refractivity contribution is 6.26. The van der Waals surface area contributed by atoms with Gasteiger partial charge in [-0.2, -0.15) is 13.2 Å². The summed E-state index contributed by atoms with van der Waals surface area (Å²) in [5, 5.41) is 10.6. The summed E-state index contributed by atoms with van der Waals surface area (Å²) in [4.78, 5) is 2.02. The first kappa shape index (κ1) is 23.8. The average Bonchev–Trinajstić information content (AvgIpc) is 3.00. The van der Waals surface area contributed by atoms with E-state index in [1.807, 2.05) is 47.4 Å². The molecule has 41 heavy (non-hydrogen) atoms. The number of fused-ring (bicyclic) bond motifs is 2. The minimum atomic E-state index is -4.47. The Kier molecular flexibility index (Phi) is 5.05. The van der Waals surface area contributed by atoms with Crippen LogP contribution >= 0.6 is 0 Å². The van der Waals surface area contributed by atoms with Crippen LogP contribution in [-0.2, 0) is 6.18 Å². The van der Waals surface area contributed by atoms with Crippen molar-refractivity contribution in [3.63, 3.8) is 0 Å². The number of anilines is 3. The van der Waals surface area contributed by atoms with Gasteiger partial charge in [0.2, 0.25) is 0 Å². The SMILES string of the molecule is FC(F)(F)c1cccc(N(c2c3ccccc3cc3ccccc23)c2ccc3ccc4cccc5ccc2c3c45)c1. The van der Waals surface area contributed by atoms with Gasteiger partial charge in [-0.3, -0.25) is 0 Å². The zero-order valence-corrected chi connectivity index (χ0v) is 21.8. The lowest BCUT2D eigenvalue weighted by Crippen LogP contribution is -2.13. The maximum absolute atomic E-state index is 14.0. The monoisotopic (exact) mass is 537 g/mol. The largest absolute Gasteiger partial charge is 0.416 e. The van der Waals surface area contributed by atoms with Crippen molar-refractivity contribution in [3.8, 4) is 0 Å². The second-order valence-electron chi connectivity index (χ2n) is 10.5. The zero-order chi connectivity index (χ0) is 27.7. The fourth-order valence-corrected chi connectivity index (χ4v) is 6.36. The van der Waals surface area contributed by atoms with Gasteiger partial charge in [-0.25, -0.2) is 0 Å². The molecule has 8 rings (SSSR count). The first-order chi connectivity index (χ1) is 20.0. The number of hydrogen-bond donors (Lipinski definition) is 0. The fraction of sp³-hybridized carbons (Fsp3) is 0.0270. The van der Waals surface area contributed by atoms with Crippen molar-refractivity contribution in [1.29, 1.82) is 0 Å². The maximum Gasteiger partial charge on any atom is 0.416 e. The minimum Gasteiger partial charge on any atom is -0.309 e. The quantitative estimate of drug-likeness (QED) is 0.160. The molecule has 0 N–H and O–H groups in total. The van der Waals surface area contributed by atoms with Gasteiger partial charge in [-0.15, -0.1) is 0 Å². The summed E-state index contributed by atoms with van der Waals surface area (Å²) in [5.41, 5.74) is 1.46. The highest BCUT2D eigenvalue weighted by Crippen LogP contribution is 2.48. The van der Waals surface area contributed by atoms with Crippen molar-refractivity contribution in [2.75, 3.05) is 4.90 Å². The Labute approximate surface area is 234 Å². The Morgan fingerprint density at radius 1 is 0.439 bits per heavy atom. The lowest BCUT2D eigenvalue weighted by atomic mass is 9.92. The van der Waals surface area contributed by atoms with Crippen LogP contribution in [0.5, 0.6) is 0 Å². The van der Waals surface area contributed by atoms with Crippen LogP contribution in [0, 0.1) is 0 Å². The molecule has 0 aliphatic rings. The van der Waals surface area contributed by atoms with Gasteiger partial charge < -0.3 is 4.90 Å². The summed E-state index contributed by atoms with van der Waals surface area (Å²) in [6, 6.07) is 42.8. The molecule has 0 bridgehead atoms. The van der Waals surface area contributed by atoms with Crippen molar-refractivity contribution in [2.45, 2.75) is 6.18 Å². The molecule has 0 aliphatic heterocycles. The van der Waals surface area contributed by atoms with Gasteiger partial charge in [-0.05, 0) is 68.0 Å². The number of nitrogens with zero attached hydrogens (tertiary/aromatic N) is 1. The number of alkyl halides is 3. The van der Waals surface area contributed by atoms with Gasteiger partial charge in [0.05, 0.1) is 16.9 Å². The van der Waals surface area contributed by atoms with Crippen LogP contribution in [0.2, 0.25) is 0 Å². The molecule has 0 aromatic heterocycles. The topological polar surface area (TPSA) is 3.24 Å². The lowest BCUT2D eigenvalue weighted by Gasteiger charge is -2.30. The number of benzene rings is 8. The van der Waals surface area contributed by atoms with Gasteiger partial charge in [0, 0.05) is 21.8 Å². The van der Waals surface area contributed by atoms with E-state index in [0.29, 0.717) is 5.69 Å². The summed E-state index contributed by atoms with van der Waals surface area (Å²) in [6.45, 7) is 0. The van der Waals surface area contributed by atoms with E-state index < -0.39 is 11.7 Å². The third-order valence-electron chi connectivity index (χ3n) is 8.14. The molecule has 0 unspecified atom stereocenters. The molecule has 0 aliphatic carbocycles. The van der Waals surface area contributed by atoms with E-state index in [4.69, 9.17) is 0 Å². The molecule has 0 saturated heterocycles. The van der Waals surface area contributed by atoms with Crippen LogP contribution < -0.4 is 4.90 Å². The van der Waals surface area contributed by atoms with E-state index in [1.54, 1.807) is 6.07 Å². The highest BCUT2D eigenvalue weighted by atomic mass is 19.4. The van der Waals surface area contributed by atoms with Crippen LogP contribution in [0.4, 0.5) is 30.2 Å². The molecule has 0 amide bonds. The molecule has 0 atom stereocenters. The molecule has 0 saturated carbocycles. The molecular formula is C37H22F3N. The minimum absolute atomic E-state index is 0.455. The van der Waals surface area contributed by atoms with Crippen LogP contribution in [0.15, 0.2) is 133 Å². The Hall–Kier alpha value is -5.09. The zero-order valence-electron chi connectivity index (χ0n) is 21.8. The molecule has 4 heteroatoms. The van der Waals surface area contributed by atoms with E-state index in [-0.39, 0.29) is 0 Å². The molecule has 196 valence electrons.